The van der Waals surface area contributed by atoms with Gasteiger partial charge in [-0.1, -0.05) is 30.3 Å². The summed E-state index contributed by atoms with van der Waals surface area (Å²) in [6.07, 6.45) is 2.85. The monoisotopic (exact) mass is 320 g/mol. The van der Waals surface area contributed by atoms with Gasteiger partial charge in [-0.25, -0.2) is 4.79 Å². The lowest BCUT2D eigenvalue weighted by Gasteiger charge is -2.07. The third-order valence-electron chi connectivity index (χ3n) is 4.37. The molecule has 2 aromatic carbocycles. The second-order valence-electron chi connectivity index (χ2n) is 5.99. The van der Waals surface area contributed by atoms with E-state index in [1.165, 1.54) is 0 Å². The van der Waals surface area contributed by atoms with Crippen molar-refractivity contribution in [1.82, 2.24) is 0 Å². The van der Waals surface area contributed by atoms with E-state index in [9.17, 15) is 9.59 Å². The van der Waals surface area contributed by atoms with Crippen molar-refractivity contribution in [2.75, 3.05) is 0 Å². The summed E-state index contributed by atoms with van der Waals surface area (Å²) in [5, 5.41) is 0.935. The summed E-state index contributed by atoms with van der Waals surface area (Å²) in [5.74, 6) is 0.0496. The molecular weight excluding hydrogens is 304 g/mol. The van der Waals surface area contributed by atoms with Crippen LogP contribution in [0.1, 0.15) is 23.1 Å². The van der Waals surface area contributed by atoms with Crippen LogP contribution < -0.4 is 10.4 Å². The largest absolute Gasteiger partial charge is 0.426 e. The zero-order valence-corrected chi connectivity index (χ0v) is 13.1. The van der Waals surface area contributed by atoms with Crippen molar-refractivity contribution < 1.29 is 13.9 Å². The molecule has 1 aliphatic carbocycles. The first-order valence-electron chi connectivity index (χ1n) is 8.04. The standard InChI is InChI=1S/C20H16O4/c21-19(11-13-5-2-1-3-6-13)23-14-9-10-16-15-7-4-8-17(15)20(22)24-18(16)12-14/h1-3,5-6,9-10,12H,4,7-8,11H2. The average Bonchev–Trinajstić information content (AvgIpc) is 3.06. The first-order valence-corrected chi connectivity index (χ1v) is 8.04. The maximum Gasteiger partial charge on any atom is 0.339 e. The number of carbonyl (C=O) groups is 1. The third kappa shape index (κ3) is 2.71. The van der Waals surface area contributed by atoms with Crippen LogP contribution in [0.3, 0.4) is 0 Å². The molecule has 0 N–H and O–H groups in total. The van der Waals surface area contributed by atoms with Crippen LogP contribution >= 0.6 is 0 Å². The van der Waals surface area contributed by atoms with Gasteiger partial charge >= 0.3 is 11.6 Å². The van der Waals surface area contributed by atoms with Crippen molar-refractivity contribution in [1.29, 1.82) is 0 Å². The number of rotatable bonds is 3. The third-order valence-corrected chi connectivity index (χ3v) is 4.37. The molecule has 1 aliphatic rings. The van der Waals surface area contributed by atoms with E-state index in [-0.39, 0.29) is 18.0 Å². The predicted molar refractivity (Wildman–Crippen MR) is 90.3 cm³/mol. The van der Waals surface area contributed by atoms with E-state index >= 15 is 0 Å². The van der Waals surface area contributed by atoms with Crippen molar-refractivity contribution in [2.45, 2.75) is 25.7 Å². The topological polar surface area (TPSA) is 56.5 Å². The van der Waals surface area contributed by atoms with Gasteiger partial charge in [0.05, 0.1) is 6.42 Å². The van der Waals surface area contributed by atoms with Crippen molar-refractivity contribution in [3.05, 3.63) is 75.6 Å². The molecule has 4 rings (SSSR count). The van der Waals surface area contributed by atoms with Crippen LogP contribution in [0.5, 0.6) is 5.75 Å². The van der Waals surface area contributed by atoms with Crippen LogP contribution in [0, 0.1) is 0 Å². The fraction of sp³-hybridized carbons (Fsp3) is 0.200. The summed E-state index contributed by atoms with van der Waals surface area (Å²) in [6.45, 7) is 0. The summed E-state index contributed by atoms with van der Waals surface area (Å²) < 4.78 is 10.8. The Bertz CT molecular complexity index is 970. The molecule has 0 aliphatic heterocycles. The van der Waals surface area contributed by atoms with Gasteiger partial charge in [-0.3, -0.25) is 4.79 Å². The summed E-state index contributed by atoms with van der Waals surface area (Å²) in [7, 11) is 0. The average molecular weight is 320 g/mol. The van der Waals surface area contributed by atoms with E-state index in [1.807, 2.05) is 36.4 Å². The lowest BCUT2D eigenvalue weighted by atomic mass is 10.1. The number of hydrogen-bond acceptors (Lipinski definition) is 4. The van der Waals surface area contributed by atoms with Gasteiger partial charge in [0.1, 0.15) is 11.3 Å². The number of benzene rings is 2. The lowest BCUT2D eigenvalue weighted by Crippen LogP contribution is -2.11. The molecule has 0 amide bonds. The predicted octanol–water partition coefficient (Wildman–Crippen LogP) is 3.43. The molecule has 0 saturated heterocycles. The minimum atomic E-state index is -0.343. The van der Waals surface area contributed by atoms with Crippen LogP contribution in [0.2, 0.25) is 0 Å². The molecule has 0 atom stereocenters. The lowest BCUT2D eigenvalue weighted by molar-refractivity contribution is -0.133. The van der Waals surface area contributed by atoms with Crippen molar-refractivity contribution in [3.63, 3.8) is 0 Å². The Hall–Kier alpha value is -2.88. The zero-order valence-electron chi connectivity index (χ0n) is 13.1. The van der Waals surface area contributed by atoms with Crippen LogP contribution in [-0.2, 0) is 24.1 Å². The molecule has 0 radical (unpaired) electrons. The minimum absolute atomic E-state index is 0.201. The summed E-state index contributed by atoms with van der Waals surface area (Å²) in [5.41, 5.74) is 2.96. The first-order chi connectivity index (χ1) is 11.7. The second-order valence-corrected chi connectivity index (χ2v) is 5.99. The molecule has 1 aromatic heterocycles. The van der Waals surface area contributed by atoms with Crippen LogP contribution in [0.4, 0.5) is 0 Å². The Labute approximate surface area is 138 Å². The smallest absolute Gasteiger partial charge is 0.339 e. The van der Waals surface area contributed by atoms with Crippen molar-refractivity contribution >= 4 is 16.9 Å². The van der Waals surface area contributed by atoms with E-state index in [0.29, 0.717) is 11.3 Å². The molecule has 120 valence electrons. The molecule has 0 spiro atoms. The number of carbonyl (C=O) groups excluding carboxylic acids is 1. The number of esters is 1. The maximum absolute atomic E-state index is 12.1. The molecule has 3 aromatic rings. The van der Waals surface area contributed by atoms with Crippen LogP contribution in [0.25, 0.3) is 11.0 Å². The van der Waals surface area contributed by atoms with Crippen LogP contribution in [0.15, 0.2) is 57.7 Å². The Morgan fingerprint density at radius 3 is 2.67 bits per heavy atom. The first kappa shape index (κ1) is 14.7. The fourth-order valence-electron chi connectivity index (χ4n) is 3.26. The van der Waals surface area contributed by atoms with E-state index in [0.717, 1.165) is 41.3 Å². The Morgan fingerprint density at radius 2 is 1.83 bits per heavy atom. The quantitative estimate of drug-likeness (QED) is 0.421. The van der Waals surface area contributed by atoms with E-state index in [2.05, 4.69) is 0 Å². The van der Waals surface area contributed by atoms with Gasteiger partial charge in [0.2, 0.25) is 0 Å². The number of fused-ring (bicyclic) bond motifs is 3. The molecule has 0 fully saturated rings. The van der Waals surface area contributed by atoms with Gasteiger partial charge in [-0.2, -0.15) is 0 Å². The minimum Gasteiger partial charge on any atom is -0.426 e. The molecule has 4 nitrogen and oxygen atoms in total. The SMILES string of the molecule is O=C(Cc1ccccc1)Oc1ccc2c3c(c(=O)oc2c1)CCC3. The van der Waals surface area contributed by atoms with Gasteiger partial charge in [0.25, 0.3) is 0 Å². The Morgan fingerprint density at radius 1 is 1.04 bits per heavy atom. The number of ether oxygens (including phenoxy) is 1. The summed E-state index contributed by atoms with van der Waals surface area (Å²) in [6, 6.07) is 14.7. The molecule has 0 unspecified atom stereocenters. The van der Waals surface area contributed by atoms with Gasteiger partial charge in [0, 0.05) is 17.0 Å². The van der Waals surface area contributed by atoms with Gasteiger partial charge in [0.15, 0.2) is 0 Å². The molecular formula is C20H16O4. The summed E-state index contributed by atoms with van der Waals surface area (Å²) >= 11 is 0. The molecule has 1 heterocycles. The highest BCUT2D eigenvalue weighted by Gasteiger charge is 2.20. The van der Waals surface area contributed by atoms with Gasteiger partial charge in [-0.15, -0.1) is 0 Å². The van der Waals surface area contributed by atoms with Crippen molar-refractivity contribution in [3.8, 4) is 5.75 Å². The van der Waals surface area contributed by atoms with Gasteiger partial charge < -0.3 is 9.15 Å². The highest BCUT2D eigenvalue weighted by Crippen LogP contribution is 2.29. The molecule has 0 saturated carbocycles. The second kappa shape index (κ2) is 5.96. The Balaban J connectivity index is 1.60. The number of hydrogen-bond donors (Lipinski definition) is 0. The maximum atomic E-state index is 12.1. The number of aryl methyl sites for hydroxylation is 1. The van der Waals surface area contributed by atoms with E-state index in [1.54, 1.807) is 12.1 Å². The fourth-order valence-corrected chi connectivity index (χ4v) is 3.26. The highest BCUT2D eigenvalue weighted by atomic mass is 16.5. The van der Waals surface area contributed by atoms with E-state index in [4.69, 9.17) is 9.15 Å². The highest BCUT2D eigenvalue weighted by molar-refractivity contribution is 5.84. The zero-order chi connectivity index (χ0) is 16.5. The Kier molecular flexibility index (Phi) is 3.65. The normalized spacial score (nSPS) is 13.0. The molecule has 0 bridgehead atoms. The van der Waals surface area contributed by atoms with E-state index < -0.39 is 0 Å². The molecule has 24 heavy (non-hydrogen) atoms. The molecule has 4 heteroatoms. The van der Waals surface area contributed by atoms with Crippen molar-refractivity contribution in [2.24, 2.45) is 0 Å². The summed E-state index contributed by atoms with van der Waals surface area (Å²) in [4.78, 5) is 24.1. The van der Waals surface area contributed by atoms with Crippen LogP contribution in [-0.4, -0.2) is 5.97 Å². The van der Waals surface area contributed by atoms with Gasteiger partial charge in [-0.05, 0) is 42.5 Å².